The number of nitrogens with zero attached hydrogens (tertiary/aromatic N) is 6. The van der Waals surface area contributed by atoms with E-state index in [0.29, 0.717) is 33.9 Å². The van der Waals surface area contributed by atoms with E-state index in [0.717, 1.165) is 24.9 Å². The maximum atomic E-state index is 12.5. The molecule has 0 spiro atoms. The summed E-state index contributed by atoms with van der Waals surface area (Å²) in [7, 11) is 1.75. The molecule has 3 aromatic heterocycles. The first kappa shape index (κ1) is 16.7. The normalized spacial score (nSPS) is 22.9. The highest BCUT2D eigenvalue weighted by atomic mass is 16.1. The van der Waals surface area contributed by atoms with Gasteiger partial charge in [-0.3, -0.25) is 14.8 Å². The summed E-state index contributed by atoms with van der Waals surface area (Å²) in [4.78, 5) is 26.8. The highest BCUT2D eigenvalue weighted by Crippen LogP contribution is 2.60. The molecule has 5 rings (SSSR count). The van der Waals surface area contributed by atoms with Gasteiger partial charge in [-0.25, -0.2) is 0 Å². The van der Waals surface area contributed by atoms with Crippen molar-refractivity contribution in [2.75, 3.05) is 23.3 Å². The average molecular weight is 376 g/mol. The van der Waals surface area contributed by atoms with Gasteiger partial charge in [-0.05, 0) is 24.2 Å². The lowest BCUT2D eigenvalue weighted by atomic mass is 10.0. The van der Waals surface area contributed by atoms with Crippen molar-refractivity contribution in [2.24, 2.45) is 18.4 Å². The second-order valence-electron chi connectivity index (χ2n) is 7.76. The predicted molar refractivity (Wildman–Crippen MR) is 103 cm³/mol. The Bertz CT molecular complexity index is 1130. The number of carbonyl (C=O) groups excluding carboxylic acids is 1. The van der Waals surface area contributed by atoms with Crippen LogP contribution in [0.3, 0.4) is 0 Å². The summed E-state index contributed by atoms with van der Waals surface area (Å²) in [6.45, 7) is 4.08. The first-order valence-corrected chi connectivity index (χ1v) is 9.37. The van der Waals surface area contributed by atoms with Gasteiger partial charge in [0.15, 0.2) is 0 Å². The molecular weight excluding hydrogens is 356 g/mol. The van der Waals surface area contributed by atoms with Gasteiger partial charge in [-0.2, -0.15) is 20.3 Å². The van der Waals surface area contributed by atoms with Gasteiger partial charge in [0, 0.05) is 32.5 Å². The number of rotatable bonds is 4. The van der Waals surface area contributed by atoms with Crippen LogP contribution in [-0.2, 0) is 7.05 Å². The van der Waals surface area contributed by atoms with Crippen LogP contribution < -0.4 is 10.2 Å². The van der Waals surface area contributed by atoms with Crippen molar-refractivity contribution in [3.05, 3.63) is 29.7 Å². The minimum absolute atomic E-state index is 0.216. The number of anilines is 2. The van der Waals surface area contributed by atoms with Crippen molar-refractivity contribution in [2.45, 2.75) is 19.8 Å². The lowest BCUT2D eigenvalue weighted by Gasteiger charge is -2.22. The molecule has 0 bridgehead atoms. The van der Waals surface area contributed by atoms with E-state index in [1.54, 1.807) is 24.1 Å². The zero-order valence-electron chi connectivity index (χ0n) is 15.7. The zero-order valence-corrected chi connectivity index (χ0v) is 15.7. The van der Waals surface area contributed by atoms with E-state index in [-0.39, 0.29) is 11.9 Å². The van der Waals surface area contributed by atoms with Crippen molar-refractivity contribution < 1.29 is 4.79 Å². The molecule has 1 saturated carbocycles. The maximum absolute atomic E-state index is 12.5. The molecule has 4 heterocycles. The summed E-state index contributed by atoms with van der Waals surface area (Å²) in [5.74, 6) is 1.29. The lowest BCUT2D eigenvalue weighted by molar-refractivity contribution is 0.102. The predicted octanol–water partition coefficient (Wildman–Crippen LogP) is 2.05. The SMILES string of the molecule is CCC12CC1CN(c1nc(NC(=O)c3cnn(C)c3)nc3[nH]cc(C#N)c13)C2. The van der Waals surface area contributed by atoms with Gasteiger partial charge in [0.05, 0.1) is 22.7 Å². The first-order chi connectivity index (χ1) is 13.5. The van der Waals surface area contributed by atoms with Crippen LogP contribution in [-0.4, -0.2) is 43.7 Å². The number of nitriles is 1. The van der Waals surface area contributed by atoms with E-state index in [4.69, 9.17) is 0 Å². The minimum Gasteiger partial charge on any atom is -0.355 e. The number of piperidine rings is 1. The molecule has 2 unspecified atom stereocenters. The fraction of sp³-hybridized carbons (Fsp3) is 0.421. The zero-order chi connectivity index (χ0) is 19.5. The lowest BCUT2D eigenvalue weighted by Crippen LogP contribution is -2.26. The molecule has 2 atom stereocenters. The Balaban J connectivity index is 1.53. The fourth-order valence-corrected chi connectivity index (χ4v) is 4.40. The minimum atomic E-state index is -0.320. The summed E-state index contributed by atoms with van der Waals surface area (Å²) in [5, 5.41) is 17.0. The van der Waals surface area contributed by atoms with E-state index in [9.17, 15) is 10.1 Å². The Morgan fingerprint density at radius 2 is 2.36 bits per heavy atom. The highest BCUT2D eigenvalue weighted by molar-refractivity contribution is 6.04. The molecule has 1 aliphatic heterocycles. The van der Waals surface area contributed by atoms with Crippen molar-refractivity contribution >= 4 is 28.7 Å². The molecule has 3 aromatic rings. The maximum Gasteiger partial charge on any atom is 0.261 e. The van der Waals surface area contributed by atoms with E-state index in [1.165, 1.54) is 12.6 Å². The monoisotopic (exact) mass is 376 g/mol. The van der Waals surface area contributed by atoms with Gasteiger partial charge in [0.25, 0.3) is 5.91 Å². The van der Waals surface area contributed by atoms with Gasteiger partial charge < -0.3 is 9.88 Å². The number of carbonyl (C=O) groups is 1. The standard InChI is InChI=1S/C19H20N8O/c1-3-19-4-13(19)9-27(10-19)16-14-11(5-20)6-21-15(14)23-18(24-16)25-17(28)12-7-22-26(2)8-12/h6-8,13H,3-4,9-10H2,1-2H3,(H2,21,23,24,25,28). The average Bonchev–Trinajstić information content (AvgIpc) is 3.07. The first-order valence-electron chi connectivity index (χ1n) is 9.37. The molecule has 1 aliphatic carbocycles. The molecule has 2 fully saturated rings. The molecule has 0 aromatic carbocycles. The summed E-state index contributed by atoms with van der Waals surface area (Å²) in [6.07, 6.45) is 7.18. The van der Waals surface area contributed by atoms with Crippen LogP contribution in [0.2, 0.25) is 0 Å². The van der Waals surface area contributed by atoms with E-state index < -0.39 is 0 Å². The number of fused-ring (bicyclic) bond motifs is 2. The van der Waals surface area contributed by atoms with Crippen molar-refractivity contribution in [3.63, 3.8) is 0 Å². The number of hydrogen-bond acceptors (Lipinski definition) is 6. The molecule has 28 heavy (non-hydrogen) atoms. The summed E-state index contributed by atoms with van der Waals surface area (Å²) in [6, 6.07) is 2.21. The van der Waals surface area contributed by atoms with Gasteiger partial charge in [0.1, 0.15) is 17.5 Å². The summed E-state index contributed by atoms with van der Waals surface area (Å²) >= 11 is 0. The largest absolute Gasteiger partial charge is 0.355 e. The Kier molecular flexibility index (Phi) is 3.46. The van der Waals surface area contributed by atoms with Crippen molar-refractivity contribution in [3.8, 4) is 6.07 Å². The van der Waals surface area contributed by atoms with Crippen LogP contribution in [0.1, 0.15) is 35.7 Å². The molecule has 2 aliphatic rings. The van der Waals surface area contributed by atoms with E-state index in [1.807, 2.05) is 0 Å². The van der Waals surface area contributed by atoms with Crippen LogP contribution in [0.15, 0.2) is 18.6 Å². The fourth-order valence-electron chi connectivity index (χ4n) is 4.40. The van der Waals surface area contributed by atoms with Crippen LogP contribution in [0.5, 0.6) is 0 Å². The molecule has 9 nitrogen and oxygen atoms in total. The molecule has 1 saturated heterocycles. The topological polar surface area (TPSA) is 116 Å². The van der Waals surface area contributed by atoms with Crippen LogP contribution in [0, 0.1) is 22.7 Å². The molecule has 2 N–H and O–H groups in total. The molecule has 142 valence electrons. The Morgan fingerprint density at radius 1 is 1.50 bits per heavy atom. The number of aryl methyl sites for hydroxylation is 1. The highest BCUT2D eigenvalue weighted by Gasteiger charge is 2.58. The number of aromatic nitrogens is 5. The second kappa shape index (κ2) is 5.79. The van der Waals surface area contributed by atoms with Gasteiger partial charge in [-0.1, -0.05) is 6.92 Å². The Hall–Kier alpha value is -3.41. The molecule has 0 radical (unpaired) electrons. The molecule has 1 amide bonds. The van der Waals surface area contributed by atoms with Gasteiger partial charge in [-0.15, -0.1) is 0 Å². The van der Waals surface area contributed by atoms with Crippen molar-refractivity contribution in [1.82, 2.24) is 24.7 Å². The molecule has 9 heteroatoms. The molecular formula is C19H20N8O. The number of H-pyrrole nitrogens is 1. The summed E-state index contributed by atoms with van der Waals surface area (Å²) in [5.41, 5.74) is 1.87. The van der Waals surface area contributed by atoms with E-state index in [2.05, 4.69) is 43.3 Å². The Labute approximate surface area is 161 Å². The van der Waals surface area contributed by atoms with Crippen molar-refractivity contribution in [1.29, 1.82) is 5.26 Å². The Morgan fingerprint density at radius 3 is 3.04 bits per heavy atom. The van der Waals surface area contributed by atoms with Crippen LogP contribution in [0.4, 0.5) is 11.8 Å². The number of hydrogen-bond donors (Lipinski definition) is 2. The quantitative estimate of drug-likeness (QED) is 0.720. The number of nitrogens with one attached hydrogen (secondary N) is 2. The van der Waals surface area contributed by atoms with Crippen LogP contribution >= 0.6 is 0 Å². The second-order valence-corrected chi connectivity index (χ2v) is 7.76. The van der Waals surface area contributed by atoms with Crippen LogP contribution in [0.25, 0.3) is 11.0 Å². The summed E-state index contributed by atoms with van der Waals surface area (Å²) < 4.78 is 1.56. The van der Waals surface area contributed by atoms with E-state index >= 15 is 0 Å². The number of amides is 1. The smallest absolute Gasteiger partial charge is 0.261 e. The third-order valence-corrected chi connectivity index (χ3v) is 6.13. The third kappa shape index (κ3) is 2.45. The number of aromatic amines is 1. The third-order valence-electron chi connectivity index (χ3n) is 6.13. The van der Waals surface area contributed by atoms with Gasteiger partial charge >= 0.3 is 0 Å². The van der Waals surface area contributed by atoms with Gasteiger partial charge in [0.2, 0.25) is 5.95 Å².